The zero-order valence-electron chi connectivity index (χ0n) is 14.8. The number of hydrogen-bond acceptors (Lipinski definition) is 3. The molecule has 1 aromatic carbocycles. The highest BCUT2D eigenvalue weighted by Gasteiger charge is 2.31. The number of aryl methyl sites for hydroxylation is 1. The van der Waals surface area contributed by atoms with Crippen LogP contribution in [0.1, 0.15) is 50.8 Å². The van der Waals surface area contributed by atoms with Crippen molar-refractivity contribution >= 4 is 15.9 Å². The first-order chi connectivity index (χ1) is 11.4. The third kappa shape index (κ3) is 4.57. The van der Waals surface area contributed by atoms with Crippen molar-refractivity contribution in [1.82, 2.24) is 9.62 Å². The Bertz CT molecular complexity index is 655. The van der Waals surface area contributed by atoms with Crippen molar-refractivity contribution in [3.05, 3.63) is 35.4 Å². The number of benzene rings is 1. The number of nitrogens with one attached hydrogen (secondary N) is 1. The first-order valence-corrected chi connectivity index (χ1v) is 10.3. The molecule has 1 N–H and O–H groups in total. The summed E-state index contributed by atoms with van der Waals surface area (Å²) in [6.07, 6.45) is 2.46. The Labute approximate surface area is 145 Å². The molecule has 1 aliphatic heterocycles. The molecule has 1 fully saturated rings. The van der Waals surface area contributed by atoms with Gasteiger partial charge in [0.15, 0.2) is 0 Å². The molecule has 1 heterocycles. The predicted molar refractivity (Wildman–Crippen MR) is 96.1 cm³/mol. The van der Waals surface area contributed by atoms with Crippen LogP contribution in [0.3, 0.4) is 0 Å². The summed E-state index contributed by atoms with van der Waals surface area (Å²) >= 11 is 0. The molecule has 2 rings (SSSR count). The fraction of sp³-hybridized carbons (Fsp3) is 0.611. The summed E-state index contributed by atoms with van der Waals surface area (Å²) < 4.78 is 25.5. The summed E-state index contributed by atoms with van der Waals surface area (Å²) in [5, 5.41) is 3.03. The molecule has 24 heavy (non-hydrogen) atoms. The van der Waals surface area contributed by atoms with Gasteiger partial charge in [0.2, 0.25) is 15.9 Å². The Morgan fingerprint density at radius 2 is 1.96 bits per heavy atom. The Hall–Kier alpha value is -1.40. The molecule has 0 aliphatic carbocycles. The van der Waals surface area contributed by atoms with Crippen LogP contribution in [0.25, 0.3) is 0 Å². The number of rotatable bonds is 6. The number of nitrogens with zero attached hydrogens (tertiary/aromatic N) is 1. The lowest BCUT2D eigenvalue weighted by atomic mass is 9.97. The lowest BCUT2D eigenvalue weighted by molar-refractivity contribution is -0.126. The maximum absolute atomic E-state index is 12.5. The van der Waals surface area contributed by atoms with Gasteiger partial charge in [-0.25, -0.2) is 12.7 Å². The molecule has 0 radical (unpaired) electrons. The van der Waals surface area contributed by atoms with Gasteiger partial charge in [0, 0.05) is 13.1 Å². The lowest BCUT2D eigenvalue weighted by Gasteiger charge is -2.31. The van der Waals surface area contributed by atoms with E-state index >= 15 is 0 Å². The highest BCUT2D eigenvalue weighted by molar-refractivity contribution is 7.89. The molecule has 1 amide bonds. The van der Waals surface area contributed by atoms with Gasteiger partial charge in [0.25, 0.3) is 0 Å². The molecule has 0 spiro atoms. The summed E-state index contributed by atoms with van der Waals surface area (Å²) in [5.74, 6) is -0.239. The Morgan fingerprint density at radius 1 is 1.29 bits per heavy atom. The molecule has 6 heteroatoms. The monoisotopic (exact) mass is 352 g/mol. The van der Waals surface area contributed by atoms with Gasteiger partial charge in [0.1, 0.15) is 0 Å². The zero-order chi connectivity index (χ0) is 17.7. The van der Waals surface area contributed by atoms with Crippen LogP contribution < -0.4 is 5.32 Å². The first-order valence-electron chi connectivity index (χ1n) is 8.74. The third-order valence-electron chi connectivity index (χ3n) is 4.76. The van der Waals surface area contributed by atoms with Gasteiger partial charge in [-0.1, -0.05) is 31.2 Å². The maximum Gasteiger partial charge on any atom is 0.224 e. The van der Waals surface area contributed by atoms with Gasteiger partial charge in [0.05, 0.1) is 17.7 Å². The number of piperidine rings is 1. The highest BCUT2D eigenvalue weighted by Crippen LogP contribution is 2.21. The molecule has 1 aromatic rings. The Morgan fingerprint density at radius 3 is 2.54 bits per heavy atom. The standard InChI is InChI=1S/C18H28N2O3S/c1-4-15-8-10-16(11-9-15)14(3)19-18(21)17-7-6-12-20(13-17)24(22,23)5-2/h8-11,14,17H,4-7,12-13H2,1-3H3,(H,19,21)/t14-,17+/m1/s1. The molecule has 0 aromatic heterocycles. The van der Waals surface area contributed by atoms with Crippen LogP contribution >= 0.6 is 0 Å². The molecule has 5 nitrogen and oxygen atoms in total. The van der Waals surface area contributed by atoms with Gasteiger partial charge < -0.3 is 5.32 Å². The topological polar surface area (TPSA) is 66.5 Å². The van der Waals surface area contributed by atoms with Gasteiger partial charge >= 0.3 is 0 Å². The molecule has 1 aliphatic rings. The molecule has 0 bridgehead atoms. The normalized spacial score (nSPS) is 20.5. The Kier molecular flexibility index (Phi) is 6.40. The van der Waals surface area contributed by atoms with Crippen molar-refractivity contribution in [3.8, 4) is 0 Å². The van der Waals surface area contributed by atoms with Crippen LogP contribution in [0.4, 0.5) is 0 Å². The van der Waals surface area contributed by atoms with Crippen LogP contribution in [0, 0.1) is 5.92 Å². The van der Waals surface area contributed by atoms with E-state index in [0.717, 1.165) is 24.8 Å². The second-order valence-corrected chi connectivity index (χ2v) is 8.68. The summed E-state index contributed by atoms with van der Waals surface area (Å²) in [5.41, 5.74) is 2.33. The molecule has 0 saturated carbocycles. The van der Waals surface area contributed by atoms with Crippen molar-refractivity contribution in [2.24, 2.45) is 5.92 Å². The second-order valence-electron chi connectivity index (χ2n) is 6.42. The van der Waals surface area contributed by atoms with Crippen molar-refractivity contribution in [2.75, 3.05) is 18.8 Å². The van der Waals surface area contributed by atoms with E-state index in [2.05, 4.69) is 24.4 Å². The molecule has 0 unspecified atom stereocenters. The van der Waals surface area contributed by atoms with Crippen molar-refractivity contribution in [1.29, 1.82) is 0 Å². The van der Waals surface area contributed by atoms with Crippen molar-refractivity contribution in [3.63, 3.8) is 0 Å². The van der Waals surface area contributed by atoms with E-state index in [1.54, 1.807) is 6.92 Å². The van der Waals surface area contributed by atoms with Crippen LogP contribution in [0.5, 0.6) is 0 Å². The van der Waals surface area contributed by atoms with Crippen LogP contribution in [0.2, 0.25) is 0 Å². The van der Waals surface area contributed by atoms with E-state index in [1.807, 2.05) is 19.1 Å². The quantitative estimate of drug-likeness (QED) is 0.855. The fourth-order valence-electron chi connectivity index (χ4n) is 3.05. The van der Waals surface area contributed by atoms with Crippen LogP contribution in [-0.4, -0.2) is 37.5 Å². The SMILES string of the molecule is CCc1ccc([C@@H](C)NC(=O)[C@H]2CCCN(S(=O)(=O)CC)C2)cc1. The molecule has 2 atom stereocenters. The fourth-order valence-corrected chi connectivity index (χ4v) is 4.23. The minimum absolute atomic E-state index is 0.0573. The first kappa shape index (κ1) is 18.9. The average Bonchev–Trinajstić information content (AvgIpc) is 2.61. The van der Waals surface area contributed by atoms with E-state index < -0.39 is 10.0 Å². The largest absolute Gasteiger partial charge is 0.349 e. The number of sulfonamides is 1. The molecule has 1 saturated heterocycles. The van der Waals surface area contributed by atoms with Gasteiger partial charge in [-0.05, 0) is 44.2 Å². The summed E-state index contributed by atoms with van der Waals surface area (Å²) in [4.78, 5) is 12.5. The van der Waals surface area contributed by atoms with Crippen molar-refractivity contribution in [2.45, 2.75) is 46.1 Å². The van der Waals surface area contributed by atoms with Gasteiger partial charge in [-0.2, -0.15) is 0 Å². The molecular weight excluding hydrogens is 324 g/mol. The predicted octanol–water partition coefficient (Wildman–Crippen LogP) is 2.49. The van der Waals surface area contributed by atoms with E-state index in [4.69, 9.17) is 0 Å². The summed E-state index contributed by atoms with van der Waals surface area (Å²) in [6.45, 7) is 6.53. The number of carbonyl (C=O) groups is 1. The van der Waals surface area contributed by atoms with E-state index in [0.29, 0.717) is 13.1 Å². The Balaban J connectivity index is 1.98. The van der Waals surface area contributed by atoms with Crippen molar-refractivity contribution < 1.29 is 13.2 Å². The minimum atomic E-state index is -3.22. The van der Waals surface area contributed by atoms with E-state index in [-0.39, 0.29) is 23.6 Å². The van der Waals surface area contributed by atoms with Crippen LogP contribution in [0.15, 0.2) is 24.3 Å². The zero-order valence-corrected chi connectivity index (χ0v) is 15.6. The van der Waals surface area contributed by atoms with E-state index in [1.165, 1.54) is 9.87 Å². The number of amides is 1. The maximum atomic E-state index is 12.5. The summed E-state index contributed by atoms with van der Waals surface area (Å²) in [7, 11) is -3.22. The number of carbonyl (C=O) groups excluding carboxylic acids is 1. The second kappa shape index (κ2) is 8.12. The lowest BCUT2D eigenvalue weighted by Crippen LogP contribution is -2.46. The average molecular weight is 353 g/mol. The minimum Gasteiger partial charge on any atom is -0.349 e. The van der Waals surface area contributed by atoms with Crippen LogP contribution in [-0.2, 0) is 21.2 Å². The smallest absolute Gasteiger partial charge is 0.224 e. The highest BCUT2D eigenvalue weighted by atomic mass is 32.2. The molecular formula is C18H28N2O3S. The van der Waals surface area contributed by atoms with E-state index in [9.17, 15) is 13.2 Å². The van der Waals surface area contributed by atoms with Gasteiger partial charge in [-0.15, -0.1) is 0 Å². The van der Waals surface area contributed by atoms with Gasteiger partial charge in [-0.3, -0.25) is 4.79 Å². The number of hydrogen-bond donors (Lipinski definition) is 1. The third-order valence-corrected chi connectivity index (χ3v) is 6.61. The molecule has 134 valence electrons. The summed E-state index contributed by atoms with van der Waals surface area (Å²) in [6, 6.07) is 8.15.